The summed E-state index contributed by atoms with van der Waals surface area (Å²) in [6.45, 7) is 15.0. The smallest absolute Gasteiger partial charge is 0.356 e. The molecule has 1 amide bonds. The number of benzene rings is 3. The van der Waals surface area contributed by atoms with Gasteiger partial charge in [-0.1, -0.05) is 137 Å². The Balaban J connectivity index is 1.47. The Hall–Kier alpha value is -5.27. The number of imidazole rings is 1. The average Bonchev–Trinajstić information content (AvgIpc) is 3.90. The van der Waals surface area contributed by atoms with Crippen LogP contribution in [0.1, 0.15) is 55.5 Å². The van der Waals surface area contributed by atoms with Crippen LogP contribution in [0.15, 0.2) is 141 Å². The van der Waals surface area contributed by atoms with Crippen LogP contribution in [0.3, 0.4) is 0 Å². The number of aromatic nitrogens is 3. The molecule has 0 aliphatic carbocycles. The number of carbonyl (C=O) groups excluding carboxylic acids is 3. The number of carbonyl (C=O) groups is 3. The molecule has 64 heavy (non-hydrogen) atoms. The Morgan fingerprint density at radius 3 is 1.94 bits per heavy atom. The van der Waals surface area contributed by atoms with E-state index in [0.29, 0.717) is 21.0 Å². The Morgan fingerprint density at radius 2 is 1.45 bits per heavy atom. The second-order valence-corrected chi connectivity index (χ2v) is 26.6. The highest BCUT2D eigenvalue weighted by Crippen LogP contribution is 2.52. The molecule has 0 saturated carbocycles. The van der Waals surface area contributed by atoms with E-state index in [0.717, 1.165) is 15.9 Å². The zero-order valence-corrected chi connectivity index (χ0v) is 40.6. The molecule has 7 rings (SSSR count). The first-order valence-corrected chi connectivity index (χ1v) is 26.8. The third-order valence-corrected chi connectivity index (χ3v) is 22.7. The molecular formula is C50H57N4O7PSSi. The number of amides is 1. The number of hydrogen-bond acceptors (Lipinski definition) is 10. The van der Waals surface area contributed by atoms with E-state index in [-0.39, 0.29) is 28.8 Å². The molecule has 4 atom stereocenters. The van der Waals surface area contributed by atoms with E-state index in [1.165, 1.54) is 31.6 Å². The summed E-state index contributed by atoms with van der Waals surface area (Å²) in [5.74, 6) is -4.19. The molecule has 3 aromatic carbocycles. The Morgan fingerprint density at radius 1 is 0.891 bits per heavy atom. The quantitative estimate of drug-likeness (QED) is 0.0170. The first-order chi connectivity index (χ1) is 30.6. The maximum Gasteiger partial charge on any atom is 0.356 e. The van der Waals surface area contributed by atoms with Gasteiger partial charge in [-0.15, -0.1) is 11.3 Å². The second kappa shape index (κ2) is 18.7. The number of β-lactam (4-membered cyclic amide) rings is 1. The largest absolute Gasteiger partial charge is 0.457 e. The molecule has 1 aliphatic rings. The van der Waals surface area contributed by atoms with Gasteiger partial charge in [-0.05, 0) is 47.0 Å². The standard InChI is InChI=1S/C50H57N4O7PSSi/c1-11-30-60-48(57)46(62(37-23-15-12-16-24-37,38-25-17-13-18-26-38)39-27-19-14-20-28-39)54-42(41(45(54)56)35(3)61-64(9,10)49(4,5)6)34(2)43(55)40-32-53-33-52-44(47(53)63-40)50(58-7,59-8)36-22-21-29-51-31-36/h11-29,31-35,41-42H,1,30H2,2-10H3/t34-,35+,41-,42-/m1/s1. The van der Waals surface area contributed by atoms with E-state index in [9.17, 15) is 0 Å². The highest BCUT2D eigenvalue weighted by Gasteiger charge is 2.59. The first kappa shape index (κ1) is 46.7. The number of rotatable bonds is 17. The van der Waals surface area contributed by atoms with Crippen LogP contribution in [0, 0.1) is 11.8 Å². The van der Waals surface area contributed by atoms with Crippen molar-refractivity contribution in [3.63, 3.8) is 0 Å². The molecule has 14 heteroatoms. The normalized spacial score (nSPS) is 16.8. The van der Waals surface area contributed by atoms with Crippen LogP contribution >= 0.6 is 18.2 Å². The molecule has 0 radical (unpaired) electrons. The van der Waals surface area contributed by atoms with Crippen LogP contribution in [-0.4, -0.2) is 83.6 Å². The fourth-order valence-electron chi connectivity index (χ4n) is 8.60. The van der Waals surface area contributed by atoms with E-state index in [1.807, 2.05) is 111 Å². The maximum atomic E-state index is 15.5. The van der Waals surface area contributed by atoms with E-state index in [2.05, 4.69) is 45.4 Å². The van der Waals surface area contributed by atoms with Crippen LogP contribution in [-0.2, 0) is 34.0 Å². The van der Waals surface area contributed by atoms with Crippen molar-refractivity contribution in [2.75, 3.05) is 20.8 Å². The number of nitrogens with zero attached hydrogens (tertiary/aromatic N) is 4. The molecule has 6 aromatic rings. The predicted molar refractivity (Wildman–Crippen MR) is 259 cm³/mol. The van der Waals surface area contributed by atoms with Crippen LogP contribution < -0.4 is 15.9 Å². The number of ketones is 1. The summed E-state index contributed by atoms with van der Waals surface area (Å²) in [6.07, 6.45) is 7.63. The van der Waals surface area contributed by atoms with Gasteiger partial charge in [0, 0.05) is 51.2 Å². The van der Waals surface area contributed by atoms with Gasteiger partial charge in [0.15, 0.2) is 14.1 Å². The summed E-state index contributed by atoms with van der Waals surface area (Å²) >= 11 is 1.26. The lowest BCUT2D eigenvalue weighted by Crippen LogP contribution is -2.71. The molecule has 1 fully saturated rings. The zero-order chi connectivity index (χ0) is 46.0. The minimum absolute atomic E-state index is 0.0853. The number of likely N-dealkylation sites (tertiary alicyclic amines) is 1. The number of hydrogen-bond donors (Lipinski definition) is 0. The summed E-state index contributed by atoms with van der Waals surface area (Å²) in [7, 11) is 0.626. The Bertz CT molecular complexity index is 2580. The van der Waals surface area contributed by atoms with Gasteiger partial charge in [0.05, 0.1) is 22.9 Å². The molecule has 3 aromatic heterocycles. The number of fused-ring (bicyclic) bond motifs is 1. The van der Waals surface area contributed by atoms with Crippen LogP contribution in [0.25, 0.3) is 4.83 Å². The molecule has 0 spiro atoms. The van der Waals surface area contributed by atoms with Crippen LogP contribution in [0.2, 0.25) is 18.1 Å². The van der Waals surface area contributed by atoms with Crippen molar-refractivity contribution in [1.29, 1.82) is 0 Å². The number of methoxy groups -OCH3 is 2. The fraction of sp³-hybridized carbons (Fsp3) is 0.320. The predicted octanol–water partition coefficient (Wildman–Crippen LogP) is 8.19. The lowest BCUT2D eigenvalue weighted by atomic mass is 9.75. The molecule has 1 saturated heterocycles. The number of ether oxygens (including phenoxy) is 3. The van der Waals surface area contributed by atoms with Crippen LogP contribution in [0.5, 0.6) is 0 Å². The van der Waals surface area contributed by atoms with Crippen molar-refractivity contribution in [2.45, 2.75) is 70.7 Å². The highest BCUT2D eigenvalue weighted by atomic mass is 32.1. The second-order valence-electron chi connectivity index (χ2n) is 17.5. The van der Waals surface area contributed by atoms with Crippen molar-refractivity contribution in [2.24, 2.45) is 11.8 Å². The SMILES string of the molecule is C=CCOC(=O)C(N1C(=O)[C@H]([C@H](C)O[Si](C)(C)C(C)(C)C)[C@H]1[C@@H](C)C(=O)c1cn2cnc(C(OC)(OC)c3cccnc3)c2s1)=P(c1ccccc1)(c1ccccc1)c1ccccc1. The van der Waals surface area contributed by atoms with Gasteiger partial charge >= 0.3 is 5.97 Å². The third-order valence-electron chi connectivity index (χ3n) is 12.8. The van der Waals surface area contributed by atoms with Gasteiger partial charge in [-0.3, -0.25) is 19.0 Å². The Labute approximate surface area is 381 Å². The molecule has 0 bridgehead atoms. The summed E-state index contributed by atoms with van der Waals surface area (Å²) in [5.41, 5.74) is 1.28. The monoisotopic (exact) mass is 916 g/mol. The summed E-state index contributed by atoms with van der Waals surface area (Å²) < 4.78 is 26.9. The van der Waals surface area contributed by atoms with Crippen LogP contribution in [0.4, 0.5) is 0 Å². The molecule has 1 aliphatic heterocycles. The summed E-state index contributed by atoms with van der Waals surface area (Å²) in [5, 5.41) is 2.38. The van der Waals surface area contributed by atoms with Crippen molar-refractivity contribution in [3.05, 3.63) is 157 Å². The van der Waals surface area contributed by atoms with E-state index in [1.54, 1.807) is 40.3 Å². The molecule has 0 unspecified atom stereocenters. The maximum absolute atomic E-state index is 15.5. The molecule has 11 nitrogen and oxygen atoms in total. The lowest BCUT2D eigenvalue weighted by Gasteiger charge is -2.54. The number of thiazole rings is 1. The molecule has 4 heterocycles. The summed E-state index contributed by atoms with van der Waals surface area (Å²) in [6, 6.07) is 32.3. The topological polar surface area (TPSA) is 122 Å². The first-order valence-electron chi connectivity index (χ1n) is 21.3. The summed E-state index contributed by atoms with van der Waals surface area (Å²) in [4.78, 5) is 57.7. The van der Waals surface area contributed by atoms with Crippen molar-refractivity contribution < 1.29 is 33.0 Å². The third kappa shape index (κ3) is 8.07. The van der Waals surface area contributed by atoms with Gasteiger partial charge in [-0.2, -0.15) is 0 Å². The Kier molecular flexibility index (Phi) is 13.6. The number of esters is 1. The molecular weight excluding hydrogens is 860 g/mol. The highest BCUT2D eigenvalue weighted by molar-refractivity contribution is 7.96. The van der Waals surface area contributed by atoms with Gasteiger partial charge in [0.1, 0.15) is 28.9 Å². The zero-order valence-electron chi connectivity index (χ0n) is 37.9. The average molecular weight is 917 g/mol. The van der Waals surface area contributed by atoms with Gasteiger partial charge < -0.3 is 23.5 Å². The molecule has 334 valence electrons. The van der Waals surface area contributed by atoms with E-state index < -0.39 is 50.9 Å². The van der Waals surface area contributed by atoms with Crippen molar-refractivity contribution in [3.8, 4) is 0 Å². The minimum atomic E-state index is -3.27. The van der Waals surface area contributed by atoms with Gasteiger partial charge in [0.2, 0.25) is 11.7 Å². The fourth-order valence-corrected chi connectivity index (χ4v) is 15.6. The van der Waals surface area contributed by atoms with Gasteiger partial charge in [-0.25, -0.2) is 9.78 Å². The number of pyridine rings is 1. The van der Waals surface area contributed by atoms with E-state index in [4.69, 9.17) is 23.6 Å². The van der Waals surface area contributed by atoms with Gasteiger partial charge in [0.25, 0.3) is 0 Å². The lowest BCUT2D eigenvalue weighted by molar-refractivity contribution is -0.185. The number of Topliss-reactive ketones (excluding diaryl/α,β-unsaturated/α-hetero) is 1. The van der Waals surface area contributed by atoms with E-state index >= 15 is 14.4 Å². The minimum Gasteiger partial charge on any atom is -0.457 e. The van der Waals surface area contributed by atoms with Crippen molar-refractivity contribution in [1.82, 2.24) is 19.3 Å². The molecule has 0 N–H and O–H groups in total. The van der Waals surface area contributed by atoms with Crippen molar-refractivity contribution >= 4 is 70.4 Å².